The van der Waals surface area contributed by atoms with Gasteiger partial charge in [0.15, 0.2) is 0 Å². The first-order chi connectivity index (χ1) is 7.82. The second-order valence-electron chi connectivity index (χ2n) is 6.04. The fourth-order valence-corrected chi connectivity index (χ4v) is 3.58. The summed E-state index contributed by atoms with van der Waals surface area (Å²) < 4.78 is 14.0. The summed E-state index contributed by atoms with van der Waals surface area (Å²) in [6, 6.07) is 1.98. The van der Waals surface area contributed by atoms with Crippen LogP contribution in [0.1, 0.15) is 54.3 Å². The second-order valence-corrected chi connectivity index (χ2v) is 6.57. The van der Waals surface area contributed by atoms with E-state index in [2.05, 4.69) is 13.8 Å². The van der Waals surface area contributed by atoms with Gasteiger partial charge >= 0.3 is 0 Å². The molecule has 0 aliphatic heterocycles. The Hall–Kier alpha value is -0.560. The van der Waals surface area contributed by atoms with Crippen LogP contribution in [0.2, 0.25) is 0 Å². The fraction of sp³-hybridized carbons (Fsp3) is 0.600. The first-order valence-corrected chi connectivity index (χ1v) is 6.68. The molecule has 1 aliphatic carbocycles. The van der Waals surface area contributed by atoms with Gasteiger partial charge in [-0.05, 0) is 60.8 Å². The van der Waals surface area contributed by atoms with Crippen molar-refractivity contribution in [2.45, 2.75) is 52.3 Å². The molecule has 1 atom stereocenters. The molecule has 0 amide bonds. The predicted molar refractivity (Wildman–Crippen MR) is 71.2 cm³/mol. The Morgan fingerprint density at radius 2 is 2.00 bits per heavy atom. The third-order valence-corrected chi connectivity index (χ3v) is 4.30. The average molecular weight is 255 g/mol. The molecule has 0 saturated heterocycles. The van der Waals surface area contributed by atoms with Gasteiger partial charge < -0.3 is 0 Å². The van der Waals surface area contributed by atoms with Gasteiger partial charge in [0.1, 0.15) is 5.82 Å². The van der Waals surface area contributed by atoms with Crippen molar-refractivity contribution in [2.75, 3.05) is 0 Å². The van der Waals surface area contributed by atoms with Crippen molar-refractivity contribution in [3.05, 3.63) is 34.1 Å². The molecule has 0 aromatic heterocycles. The summed E-state index contributed by atoms with van der Waals surface area (Å²) in [5, 5.41) is -0.0578. The molecule has 94 valence electrons. The molecule has 2 rings (SSSR count). The molecular formula is C15H20ClF. The monoisotopic (exact) mass is 254 g/mol. The van der Waals surface area contributed by atoms with Crippen LogP contribution in [0.4, 0.5) is 4.39 Å². The Labute approximate surface area is 108 Å². The minimum atomic E-state index is -0.0888. The number of halogens is 2. The van der Waals surface area contributed by atoms with Crippen LogP contribution in [0.25, 0.3) is 0 Å². The van der Waals surface area contributed by atoms with Gasteiger partial charge in [-0.2, -0.15) is 0 Å². The molecule has 1 aliphatic rings. The van der Waals surface area contributed by atoms with E-state index in [0.717, 1.165) is 36.0 Å². The average Bonchev–Trinajstić information content (AvgIpc) is 2.32. The van der Waals surface area contributed by atoms with Gasteiger partial charge in [0.2, 0.25) is 0 Å². The second kappa shape index (κ2) is 4.28. The van der Waals surface area contributed by atoms with Crippen molar-refractivity contribution >= 4 is 11.6 Å². The third-order valence-electron chi connectivity index (χ3n) is 3.93. The molecule has 2 heteroatoms. The lowest BCUT2D eigenvalue weighted by Crippen LogP contribution is -2.12. The van der Waals surface area contributed by atoms with Crippen LogP contribution in [0.15, 0.2) is 6.07 Å². The largest absolute Gasteiger partial charge is 0.206 e. The van der Waals surface area contributed by atoms with Crippen LogP contribution in [0.5, 0.6) is 0 Å². The van der Waals surface area contributed by atoms with Gasteiger partial charge in [0.05, 0.1) is 5.38 Å². The number of benzene rings is 1. The molecule has 17 heavy (non-hydrogen) atoms. The molecule has 0 radical (unpaired) electrons. The number of alkyl halides is 1. The molecule has 0 bridgehead atoms. The molecule has 0 saturated carbocycles. The molecule has 0 heterocycles. The molecule has 0 N–H and O–H groups in total. The summed E-state index contributed by atoms with van der Waals surface area (Å²) in [6.45, 7) is 8.18. The molecule has 0 spiro atoms. The maximum Gasteiger partial charge on any atom is 0.129 e. The van der Waals surface area contributed by atoms with Gasteiger partial charge in [-0.1, -0.05) is 19.9 Å². The fourth-order valence-electron chi connectivity index (χ4n) is 2.86. The summed E-state index contributed by atoms with van der Waals surface area (Å²) in [5.74, 6) is -0.0888. The van der Waals surface area contributed by atoms with Gasteiger partial charge in [-0.3, -0.25) is 0 Å². The molecule has 1 aromatic carbocycles. The van der Waals surface area contributed by atoms with Crippen molar-refractivity contribution < 1.29 is 4.39 Å². The van der Waals surface area contributed by atoms with Crippen molar-refractivity contribution in [3.63, 3.8) is 0 Å². The van der Waals surface area contributed by atoms with E-state index in [9.17, 15) is 4.39 Å². The van der Waals surface area contributed by atoms with Crippen molar-refractivity contribution in [1.82, 2.24) is 0 Å². The Kier molecular flexibility index (Phi) is 3.24. The van der Waals surface area contributed by atoms with Gasteiger partial charge in [-0.25, -0.2) is 4.39 Å². The van der Waals surface area contributed by atoms with Crippen LogP contribution >= 0.6 is 11.6 Å². The van der Waals surface area contributed by atoms with E-state index in [1.54, 1.807) is 0 Å². The zero-order chi connectivity index (χ0) is 12.8. The van der Waals surface area contributed by atoms with Crippen molar-refractivity contribution in [2.24, 2.45) is 5.41 Å². The quantitative estimate of drug-likeness (QED) is 0.447. The lowest BCUT2D eigenvalue weighted by molar-refractivity contribution is 0.313. The van der Waals surface area contributed by atoms with E-state index >= 15 is 0 Å². The summed E-state index contributed by atoms with van der Waals surface area (Å²) >= 11 is 6.50. The highest BCUT2D eigenvalue weighted by atomic mass is 35.5. The lowest BCUT2D eigenvalue weighted by Gasteiger charge is -2.24. The normalized spacial score (nSPS) is 23.1. The summed E-state index contributed by atoms with van der Waals surface area (Å²) in [4.78, 5) is 0. The number of fused-ring (bicyclic) bond motifs is 1. The molecule has 1 unspecified atom stereocenters. The number of rotatable bonds is 0. The minimum Gasteiger partial charge on any atom is -0.206 e. The first-order valence-electron chi connectivity index (χ1n) is 6.24. The highest BCUT2D eigenvalue weighted by Crippen LogP contribution is 2.44. The zero-order valence-electron chi connectivity index (χ0n) is 11.0. The van der Waals surface area contributed by atoms with Gasteiger partial charge in [0, 0.05) is 0 Å². The van der Waals surface area contributed by atoms with Gasteiger partial charge in [-0.15, -0.1) is 11.6 Å². The van der Waals surface area contributed by atoms with E-state index in [0.29, 0.717) is 0 Å². The highest BCUT2D eigenvalue weighted by molar-refractivity contribution is 6.21. The summed E-state index contributed by atoms with van der Waals surface area (Å²) in [5.41, 5.74) is 4.01. The van der Waals surface area contributed by atoms with E-state index in [-0.39, 0.29) is 16.6 Å². The van der Waals surface area contributed by atoms with Crippen LogP contribution in [0.3, 0.4) is 0 Å². The summed E-state index contributed by atoms with van der Waals surface area (Å²) in [7, 11) is 0. The highest BCUT2D eigenvalue weighted by Gasteiger charge is 2.30. The topological polar surface area (TPSA) is 0 Å². The number of hydrogen-bond acceptors (Lipinski definition) is 0. The van der Waals surface area contributed by atoms with Crippen LogP contribution in [-0.2, 0) is 6.42 Å². The minimum absolute atomic E-state index is 0.0578. The number of aryl methyl sites for hydroxylation is 2. The van der Waals surface area contributed by atoms with E-state index in [4.69, 9.17) is 11.6 Å². The Bertz CT molecular complexity index is 449. The van der Waals surface area contributed by atoms with Crippen LogP contribution < -0.4 is 0 Å². The van der Waals surface area contributed by atoms with Crippen molar-refractivity contribution in [1.29, 1.82) is 0 Å². The van der Waals surface area contributed by atoms with E-state index in [1.807, 2.05) is 19.9 Å². The molecular weight excluding hydrogens is 235 g/mol. The first kappa shape index (κ1) is 12.9. The Balaban J connectivity index is 2.56. The van der Waals surface area contributed by atoms with Crippen molar-refractivity contribution in [3.8, 4) is 0 Å². The van der Waals surface area contributed by atoms with Gasteiger partial charge in [0.25, 0.3) is 0 Å². The van der Waals surface area contributed by atoms with E-state index in [1.165, 1.54) is 5.56 Å². The number of hydrogen-bond donors (Lipinski definition) is 0. The Morgan fingerprint density at radius 1 is 1.35 bits per heavy atom. The van der Waals surface area contributed by atoms with E-state index < -0.39 is 0 Å². The zero-order valence-corrected chi connectivity index (χ0v) is 11.8. The lowest BCUT2D eigenvalue weighted by atomic mass is 9.84. The van der Waals surface area contributed by atoms with Crippen LogP contribution in [0, 0.1) is 25.1 Å². The maximum atomic E-state index is 14.0. The predicted octanol–water partition coefficient (Wildman–Crippen LogP) is 5.08. The standard InChI is InChI=1S/C15H20ClF/c1-9-7-11-5-6-15(3,4)8-12(16)13(11)10(2)14(9)17/h7,12H,5-6,8H2,1-4H3. The summed E-state index contributed by atoms with van der Waals surface area (Å²) in [6.07, 6.45) is 3.05. The molecule has 1 aromatic rings. The SMILES string of the molecule is Cc1cc2c(c(C)c1F)C(Cl)CC(C)(C)CC2. The third kappa shape index (κ3) is 2.35. The molecule has 0 nitrogen and oxygen atoms in total. The molecule has 0 fully saturated rings. The smallest absolute Gasteiger partial charge is 0.129 e. The van der Waals surface area contributed by atoms with Crippen LogP contribution in [-0.4, -0.2) is 0 Å². The maximum absolute atomic E-state index is 14.0. The Morgan fingerprint density at radius 3 is 2.65 bits per heavy atom.